The van der Waals surface area contributed by atoms with Crippen molar-refractivity contribution in [3.63, 3.8) is 0 Å². The van der Waals surface area contributed by atoms with Crippen LogP contribution in [0.3, 0.4) is 0 Å². The maximum atomic E-state index is 14.0. The van der Waals surface area contributed by atoms with E-state index in [0.717, 1.165) is 17.1 Å². The normalized spacial score (nSPS) is 11.1. The van der Waals surface area contributed by atoms with Crippen LogP contribution in [0.25, 0.3) is 0 Å². The first-order valence-corrected chi connectivity index (χ1v) is 8.60. The van der Waals surface area contributed by atoms with Gasteiger partial charge < -0.3 is 14.8 Å². The van der Waals surface area contributed by atoms with E-state index in [2.05, 4.69) is 5.32 Å². The second kappa shape index (κ2) is 8.70. The van der Waals surface area contributed by atoms with Gasteiger partial charge in [0.15, 0.2) is 0 Å². The van der Waals surface area contributed by atoms with Crippen molar-refractivity contribution in [3.8, 4) is 11.5 Å². The molecule has 0 unspecified atom stereocenters. The Kier molecular flexibility index (Phi) is 6.61. The third-order valence-electron chi connectivity index (χ3n) is 4.44. The third kappa shape index (κ3) is 4.97. The molecular weight excluding hydrogens is 333 g/mol. The summed E-state index contributed by atoms with van der Waals surface area (Å²) in [6.07, 6.45) is 0.850. The lowest BCUT2D eigenvalue weighted by Gasteiger charge is -2.26. The quantitative estimate of drug-likeness (QED) is 0.778. The average molecular weight is 359 g/mol. The van der Waals surface area contributed by atoms with Crippen LogP contribution in [0.2, 0.25) is 0 Å². The standard InChI is InChI=1S/C21H26FNO3/c1-21(2,17-7-5-6-8-18(17)22)14-23-20(24)12-9-15-13-16(25-3)10-11-19(15)26-4/h5-8,10-11,13H,9,12,14H2,1-4H3,(H,23,24). The van der Waals surface area contributed by atoms with E-state index >= 15 is 0 Å². The molecule has 0 aromatic heterocycles. The van der Waals surface area contributed by atoms with Crippen LogP contribution in [0.15, 0.2) is 42.5 Å². The molecule has 2 aromatic rings. The lowest BCUT2D eigenvalue weighted by atomic mass is 9.84. The Balaban J connectivity index is 1.94. The van der Waals surface area contributed by atoms with Crippen LogP contribution in [0.1, 0.15) is 31.4 Å². The molecule has 1 amide bonds. The molecule has 0 spiro atoms. The summed E-state index contributed by atoms with van der Waals surface area (Å²) in [7, 11) is 3.20. The summed E-state index contributed by atoms with van der Waals surface area (Å²) >= 11 is 0. The number of benzene rings is 2. The molecule has 0 aliphatic heterocycles. The molecule has 26 heavy (non-hydrogen) atoms. The van der Waals surface area contributed by atoms with Crippen molar-refractivity contribution in [3.05, 3.63) is 59.4 Å². The Morgan fingerprint density at radius 2 is 1.85 bits per heavy atom. The summed E-state index contributed by atoms with van der Waals surface area (Å²) in [5.74, 6) is 1.11. The lowest BCUT2D eigenvalue weighted by Crippen LogP contribution is -2.37. The molecule has 140 valence electrons. The Morgan fingerprint density at radius 1 is 1.12 bits per heavy atom. The zero-order valence-corrected chi connectivity index (χ0v) is 15.8. The number of rotatable bonds is 8. The van der Waals surface area contributed by atoms with Crippen LogP contribution in [0.4, 0.5) is 4.39 Å². The second-order valence-corrected chi connectivity index (χ2v) is 6.82. The van der Waals surface area contributed by atoms with Gasteiger partial charge in [0.25, 0.3) is 0 Å². The minimum Gasteiger partial charge on any atom is -0.497 e. The van der Waals surface area contributed by atoms with Crippen molar-refractivity contribution >= 4 is 5.91 Å². The van der Waals surface area contributed by atoms with Gasteiger partial charge >= 0.3 is 0 Å². The van der Waals surface area contributed by atoms with Gasteiger partial charge in [-0.2, -0.15) is 0 Å². The van der Waals surface area contributed by atoms with Crippen LogP contribution in [-0.4, -0.2) is 26.7 Å². The zero-order chi connectivity index (χ0) is 19.2. The molecule has 0 saturated carbocycles. The molecule has 0 aliphatic rings. The second-order valence-electron chi connectivity index (χ2n) is 6.82. The highest BCUT2D eigenvalue weighted by Gasteiger charge is 2.24. The summed E-state index contributed by atoms with van der Waals surface area (Å²) < 4.78 is 24.6. The summed E-state index contributed by atoms with van der Waals surface area (Å²) in [5, 5.41) is 2.91. The molecule has 0 aliphatic carbocycles. The van der Waals surface area contributed by atoms with Gasteiger partial charge in [0, 0.05) is 18.4 Å². The fraction of sp³-hybridized carbons (Fsp3) is 0.381. The minimum absolute atomic E-state index is 0.0840. The highest BCUT2D eigenvalue weighted by Crippen LogP contribution is 2.26. The molecule has 0 radical (unpaired) electrons. The molecule has 1 N–H and O–H groups in total. The number of hydrogen-bond donors (Lipinski definition) is 1. The van der Waals surface area contributed by atoms with Crippen LogP contribution in [-0.2, 0) is 16.6 Å². The summed E-state index contributed by atoms with van der Waals surface area (Å²) in [6, 6.07) is 12.2. The molecule has 0 atom stereocenters. The van der Waals surface area contributed by atoms with Gasteiger partial charge in [-0.1, -0.05) is 32.0 Å². The predicted molar refractivity (Wildman–Crippen MR) is 100 cm³/mol. The van der Waals surface area contributed by atoms with Gasteiger partial charge in [-0.3, -0.25) is 4.79 Å². The first-order valence-electron chi connectivity index (χ1n) is 8.60. The maximum Gasteiger partial charge on any atom is 0.220 e. The topological polar surface area (TPSA) is 47.6 Å². The highest BCUT2D eigenvalue weighted by atomic mass is 19.1. The van der Waals surface area contributed by atoms with Crippen molar-refractivity contribution in [2.24, 2.45) is 0 Å². The highest BCUT2D eigenvalue weighted by molar-refractivity contribution is 5.76. The van der Waals surface area contributed by atoms with E-state index in [-0.39, 0.29) is 11.7 Å². The van der Waals surface area contributed by atoms with Gasteiger partial charge in [-0.05, 0) is 41.8 Å². The molecule has 0 bridgehead atoms. The Morgan fingerprint density at radius 3 is 2.50 bits per heavy atom. The third-order valence-corrected chi connectivity index (χ3v) is 4.44. The van der Waals surface area contributed by atoms with E-state index in [9.17, 15) is 9.18 Å². The monoisotopic (exact) mass is 359 g/mol. The number of carbonyl (C=O) groups excluding carboxylic acids is 1. The molecule has 2 rings (SSSR count). The largest absolute Gasteiger partial charge is 0.497 e. The molecule has 0 heterocycles. The number of halogens is 1. The molecular formula is C21H26FNO3. The Hall–Kier alpha value is -2.56. The van der Waals surface area contributed by atoms with Crippen LogP contribution < -0.4 is 14.8 Å². The van der Waals surface area contributed by atoms with E-state index < -0.39 is 5.41 Å². The lowest BCUT2D eigenvalue weighted by molar-refractivity contribution is -0.121. The molecule has 4 nitrogen and oxygen atoms in total. The maximum absolute atomic E-state index is 14.0. The van der Waals surface area contributed by atoms with Crippen LogP contribution >= 0.6 is 0 Å². The smallest absolute Gasteiger partial charge is 0.220 e. The molecule has 0 fully saturated rings. The fourth-order valence-electron chi connectivity index (χ4n) is 2.84. The van der Waals surface area contributed by atoms with E-state index in [4.69, 9.17) is 9.47 Å². The van der Waals surface area contributed by atoms with Crippen molar-refractivity contribution in [2.45, 2.75) is 32.1 Å². The van der Waals surface area contributed by atoms with Crippen molar-refractivity contribution in [1.29, 1.82) is 0 Å². The predicted octanol–water partition coefficient (Wildman–Crippen LogP) is 3.87. The van der Waals surface area contributed by atoms with Crippen molar-refractivity contribution in [1.82, 2.24) is 5.32 Å². The van der Waals surface area contributed by atoms with E-state index in [0.29, 0.717) is 24.9 Å². The van der Waals surface area contributed by atoms with E-state index in [1.54, 1.807) is 32.4 Å². The van der Waals surface area contributed by atoms with Gasteiger partial charge in [0.2, 0.25) is 5.91 Å². The van der Waals surface area contributed by atoms with E-state index in [1.165, 1.54) is 6.07 Å². The summed E-state index contributed by atoms with van der Waals surface area (Å²) in [5.41, 5.74) is 1.01. The number of methoxy groups -OCH3 is 2. The fourth-order valence-corrected chi connectivity index (χ4v) is 2.84. The number of nitrogens with one attached hydrogen (secondary N) is 1. The minimum atomic E-state index is -0.491. The number of aryl methyl sites for hydroxylation is 1. The van der Waals surface area contributed by atoms with Crippen molar-refractivity contribution < 1.29 is 18.7 Å². The van der Waals surface area contributed by atoms with Gasteiger partial charge in [-0.15, -0.1) is 0 Å². The van der Waals surface area contributed by atoms with Crippen molar-refractivity contribution in [2.75, 3.05) is 20.8 Å². The Labute approximate surface area is 154 Å². The molecule has 2 aromatic carbocycles. The molecule has 5 heteroatoms. The van der Waals surface area contributed by atoms with Gasteiger partial charge in [0.1, 0.15) is 17.3 Å². The number of hydrogen-bond acceptors (Lipinski definition) is 3. The first-order chi connectivity index (χ1) is 12.4. The first kappa shape index (κ1) is 19.8. The Bertz CT molecular complexity index is 759. The average Bonchev–Trinajstić information content (AvgIpc) is 2.64. The van der Waals surface area contributed by atoms with Crippen LogP contribution in [0, 0.1) is 5.82 Å². The number of ether oxygens (including phenoxy) is 2. The van der Waals surface area contributed by atoms with Crippen LogP contribution in [0.5, 0.6) is 11.5 Å². The van der Waals surface area contributed by atoms with Gasteiger partial charge in [-0.25, -0.2) is 4.39 Å². The summed E-state index contributed by atoms with van der Waals surface area (Å²) in [4.78, 5) is 12.3. The van der Waals surface area contributed by atoms with Gasteiger partial charge in [0.05, 0.1) is 14.2 Å². The number of carbonyl (C=O) groups is 1. The zero-order valence-electron chi connectivity index (χ0n) is 15.8. The molecule has 0 saturated heterocycles. The SMILES string of the molecule is COc1ccc(OC)c(CCC(=O)NCC(C)(C)c2ccccc2F)c1. The number of amides is 1. The van der Waals surface area contributed by atoms with E-state index in [1.807, 2.05) is 32.0 Å². The summed E-state index contributed by atoms with van der Waals surface area (Å²) in [6.45, 7) is 4.19.